The summed E-state index contributed by atoms with van der Waals surface area (Å²) in [5.41, 5.74) is 5.93. The number of ether oxygens (including phenoxy) is 1. The molecular weight excluding hydrogens is 242 g/mol. The topological polar surface area (TPSA) is 35.2 Å². The predicted molar refractivity (Wildman–Crippen MR) is 71.2 cm³/mol. The summed E-state index contributed by atoms with van der Waals surface area (Å²) in [7, 11) is 0. The van der Waals surface area contributed by atoms with E-state index >= 15 is 0 Å². The molecule has 16 heavy (non-hydrogen) atoms. The van der Waals surface area contributed by atoms with Crippen LogP contribution in [-0.2, 0) is 4.74 Å². The van der Waals surface area contributed by atoms with E-state index in [2.05, 4.69) is 0 Å². The summed E-state index contributed by atoms with van der Waals surface area (Å²) in [4.78, 5) is 1.18. The van der Waals surface area contributed by atoms with Gasteiger partial charge in [0.15, 0.2) is 0 Å². The second-order valence-corrected chi connectivity index (χ2v) is 5.44. The molecule has 0 bridgehead atoms. The zero-order chi connectivity index (χ0) is 12.0. The van der Waals surface area contributed by atoms with Crippen LogP contribution in [0.4, 0.5) is 0 Å². The number of hydrogen-bond acceptors (Lipinski definition) is 3. The molecule has 2 N–H and O–H groups in total. The Labute approximate surface area is 107 Å². The van der Waals surface area contributed by atoms with Crippen molar-refractivity contribution in [3.63, 3.8) is 0 Å². The lowest BCUT2D eigenvalue weighted by Crippen LogP contribution is -2.30. The van der Waals surface area contributed by atoms with Crippen LogP contribution in [0.1, 0.15) is 13.8 Å². The fourth-order valence-electron chi connectivity index (χ4n) is 1.10. The van der Waals surface area contributed by atoms with Gasteiger partial charge in [-0.3, -0.25) is 0 Å². The molecule has 0 fully saturated rings. The van der Waals surface area contributed by atoms with Gasteiger partial charge in [-0.15, -0.1) is 11.8 Å². The maximum absolute atomic E-state index is 5.93. The average Bonchev–Trinajstić information content (AvgIpc) is 2.25. The first-order valence-electron chi connectivity index (χ1n) is 5.33. The van der Waals surface area contributed by atoms with Gasteiger partial charge in [0.1, 0.15) is 0 Å². The van der Waals surface area contributed by atoms with Crippen LogP contribution in [0.15, 0.2) is 29.2 Å². The molecule has 90 valence electrons. The minimum absolute atomic E-state index is 0.0723. The predicted octanol–water partition coefficient (Wildman–Crippen LogP) is 3.18. The van der Waals surface area contributed by atoms with Crippen LogP contribution in [0.3, 0.4) is 0 Å². The third-order valence-corrected chi connectivity index (χ3v) is 3.37. The van der Waals surface area contributed by atoms with Gasteiger partial charge in [0.25, 0.3) is 0 Å². The van der Waals surface area contributed by atoms with Crippen molar-refractivity contribution >= 4 is 23.4 Å². The molecule has 1 aromatic carbocycles. The van der Waals surface area contributed by atoms with E-state index in [1.165, 1.54) is 4.90 Å². The molecule has 1 atom stereocenters. The lowest BCUT2D eigenvalue weighted by molar-refractivity contribution is 0.0720. The Morgan fingerprint density at radius 1 is 1.31 bits per heavy atom. The Hall–Kier alpha value is -0.220. The Kier molecular flexibility index (Phi) is 6.21. The second-order valence-electron chi connectivity index (χ2n) is 3.91. The van der Waals surface area contributed by atoms with Crippen LogP contribution in [0.25, 0.3) is 0 Å². The fourth-order valence-corrected chi connectivity index (χ4v) is 2.06. The summed E-state index contributed by atoms with van der Waals surface area (Å²) in [5, 5.41) is 0.761. The molecule has 0 saturated heterocycles. The molecule has 0 aromatic heterocycles. The van der Waals surface area contributed by atoms with Crippen molar-refractivity contribution in [2.45, 2.75) is 30.9 Å². The Balaban J connectivity index is 2.26. The number of halogens is 1. The average molecular weight is 260 g/mol. The van der Waals surface area contributed by atoms with Gasteiger partial charge in [-0.1, -0.05) is 11.6 Å². The molecule has 0 aliphatic heterocycles. The van der Waals surface area contributed by atoms with Crippen LogP contribution >= 0.6 is 23.4 Å². The van der Waals surface area contributed by atoms with E-state index in [1.54, 1.807) is 11.8 Å². The zero-order valence-corrected chi connectivity index (χ0v) is 11.2. The highest BCUT2D eigenvalue weighted by molar-refractivity contribution is 7.99. The molecule has 4 heteroatoms. The highest BCUT2D eigenvalue weighted by atomic mass is 35.5. The van der Waals surface area contributed by atoms with E-state index in [-0.39, 0.29) is 12.1 Å². The van der Waals surface area contributed by atoms with E-state index in [1.807, 2.05) is 38.1 Å². The van der Waals surface area contributed by atoms with Crippen LogP contribution in [0, 0.1) is 0 Å². The van der Waals surface area contributed by atoms with Gasteiger partial charge in [-0.05, 0) is 38.1 Å². The molecule has 1 rings (SSSR count). The maximum Gasteiger partial charge on any atom is 0.0629 e. The van der Waals surface area contributed by atoms with Crippen molar-refractivity contribution in [2.24, 2.45) is 5.73 Å². The van der Waals surface area contributed by atoms with Gasteiger partial charge in [0.2, 0.25) is 0 Å². The van der Waals surface area contributed by atoms with Crippen molar-refractivity contribution in [3.05, 3.63) is 29.3 Å². The highest BCUT2D eigenvalue weighted by Gasteiger charge is 2.05. The van der Waals surface area contributed by atoms with E-state index in [0.717, 1.165) is 10.8 Å². The second kappa shape index (κ2) is 7.17. The Morgan fingerprint density at radius 3 is 2.50 bits per heavy atom. The molecule has 0 amide bonds. The maximum atomic E-state index is 5.93. The van der Waals surface area contributed by atoms with Crippen LogP contribution in [0.5, 0.6) is 0 Å². The van der Waals surface area contributed by atoms with Crippen LogP contribution in [-0.4, -0.2) is 24.5 Å². The van der Waals surface area contributed by atoms with E-state index in [9.17, 15) is 0 Å². The summed E-state index contributed by atoms with van der Waals surface area (Å²) >= 11 is 7.53. The first-order valence-corrected chi connectivity index (χ1v) is 6.70. The monoisotopic (exact) mass is 259 g/mol. The zero-order valence-electron chi connectivity index (χ0n) is 9.65. The van der Waals surface area contributed by atoms with Gasteiger partial charge in [-0.25, -0.2) is 0 Å². The summed E-state index contributed by atoms with van der Waals surface area (Å²) < 4.78 is 5.45. The van der Waals surface area contributed by atoms with Gasteiger partial charge in [-0.2, -0.15) is 0 Å². The first kappa shape index (κ1) is 13.8. The van der Waals surface area contributed by atoms with Crippen molar-refractivity contribution in [1.29, 1.82) is 0 Å². The molecule has 1 aromatic rings. The minimum atomic E-state index is 0.0723. The Bertz CT molecular complexity index is 302. The van der Waals surface area contributed by atoms with Crippen molar-refractivity contribution < 1.29 is 4.74 Å². The van der Waals surface area contributed by atoms with E-state index in [4.69, 9.17) is 22.1 Å². The van der Waals surface area contributed by atoms with Gasteiger partial charge in [0, 0.05) is 21.7 Å². The number of nitrogens with two attached hydrogens (primary N) is 1. The van der Waals surface area contributed by atoms with Crippen molar-refractivity contribution in [1.82, 2.24) is 0 Å². The van der Waals surface area contributed by atoms with Crippen LogP contribution < -0.4 is 5.73 Å². The number of benzene rings is 1. The third kappa shape index (κ3) is 5.75. The van der Waals surface area contributed by atoms with Crippen molar-refractivity contribution in [3.8, 4) is 0 Å². The summed E-state index contributed by atoms with van der Waals surface area (Å²) in [6.07, 6.45) is 0.242. The van der Waals surface area contributed by atoms with E-state index < -0.39 is 0 Å². The molecule has 0 aliphatic carbocycles. The smallest absolute Gasteiger partial charge is 0.0629 e. The Morgan fingerprint density at radius 2 is 1.94 bits per heavy atom. The lowest BCUT2D eigenvalue weighted by atomic mass is 10.4. The molecule has 0 saturated carbocycles. The number of thioether (sulfide) groups is 1. The quantitative estimate of drug-likeness (QED) is 0.797. The fraction of sp³-hybridized carbons (Fsp3) is 0.500. The molecule has 2 nitrogen and oxygen atoms in total. The van der Waals surface area contributed by atoms with E-state index in [0.29, 0.717) is 6.61 Å². The molecule has 0 heterocycles. The molecule has 0 radical (unpaired) electrons. The standard InChI is InChI=1S/C12H18ClNOS/c1-9(2)15-7-11(14)8-16-12-5-3-10(13)4-6-12/h3-6,9,11H,7-8,14H2,1-2H3. The van der Waals surface area contributed by atoms with Gasteiger partial charge in [0.05, 0.1) is 12.7 Å². The lowest BCUT2D eigenvalue weighted by Gasteiger charge is -2.13. The van der Waals surface area contributed by atoms with Gasteiger partial charge >= 0.3 is 0 Å². The summed E-state index contributed by atoms with van der Waals surface area (Å²) in [6, 6.07) is 7.86. The molecule has 1 unspecified atom stereocenters. The minimum Gasteiger partial charge on any atom is -0.377 e. The number of rotatable bonds is 6. The normalized spacial score (nSPS) is 13.1. The molecule has 0 aliphatic rings. The SMILES string of the molecule is CC(C)OCC(N)CSc1ccc(Cl)cc1. The van der Waals surface area contributed by atoms with Crippen LogP contribution in [0.2, 0.25) is 5.02 Å². The first-order chi connectivity index (χ1) is 7.58. The third-order valence-electron chi connectivity index (χ3n) is 1.92. The summed E-state index contributed by atoms with van der Waals surface area (Å²) in [5.74, 6) is 0.856. The largest absolute Gasteiger partial charge is 0.377 e. The number of hydrogen-bond donors (Lipinski definition) is 1. The molecule has 0 spiro atoms. The molecular formula is C12H18ClNOS. The van der Waals surface area contributed by atoms with Gasteiger partial charge < -0.3 is 10.5 Å². The highest BCUT2D eigenvalue weighted by Crippen LogP contribution is 2.20. The van der Waals surface area contributed by atoms with Crippen molar-refractivity contribution in [2.75, 3.05) is 12.4 Å². The summed E-state index contributed by atoms with van der Waals surface area (Å²) in [6.45, 7) is 4.64.